The van der Waals surface area contributed by atoms with Gasteiger partial charge in [-0.05, 0) is 30.6 Å². The van der Waals surface area contributed by atoms with E-state index in [9.17, 15) is 9.59 Å². The van der Waals surface area contributed by atoms with Gasteiger partial charge < -0.3 is 4.74 Å². The third kappa shape index (κ3) is 1.63. The Labute approximate surface area is 109 Å². The lowest BCUT2D eigenvalue weighted by Crippen LogP contribution is -2.36. The first-order chi connectivity index (χ1) is 8.36. The molecule has 0 amide bonds. The van der Waals surface area contributed by atoms with Crippen molar-refractivity contribution in [2.24, 2.45) is 22.7 Å². The fourth-order valence-electron chi connectivity index (χ4n) is 3.76. The quantitative estimate of drug-likeness (QED) is 0.439. The van der Waals surface area contributed by atoms with Gasteiger partial charge >= 0.3 is 5.97 Å². The van der Waals surface area contributed by atoms with Gasteiger partial charge in [-0.15, -0.1) is 0 Å². The molecule has 0 radical (unpaired) electrons. The fraction of sp³-hybridized carbons (Fsp3) is 0.867. The van der Waals surface area contributed by atoms with Crippen molar-refractivity contribution in [1.29, 1.82) is 0 Å². The standard InChI is InChI=1S/C15H24O3/c1-5-6-9-18-13(17)11-10-7-8-15(4,12(11)16)14(10,2)3/h10-11H,5-9H2,1-4H3. The predicted octanol–water partition coefficient (Wildman–Crippen LogP) is 2.97. The molecule has 0 aromatic carbocycles. The number of carbonyl (C=O) groups is 2. The summed E-state index contributed by atoms with van der Waals surface area (Å²) in [7, 11) is 0. The lowest BCUT2D eigenvalue weighted by Gasteiger charge is -2.32. The highest BCUT2D eigenvalue weighted by molar-refractivity contribution is 6.05. The van der Waals surface area contributed by atoms with Crippen LogP contribution in [0.15, 0.2) is 0 Å². The van der Waals surface area contributed by atoms with E-state index in [1.807, 2.05) is 6.92 Å². The highest BCUT2D eigenvalue weighted by Crippen LogP contribution is 2.65. The van der Waals surface area contributed by atoms with Crippen molar-refractivity contribution in [2.75, 3.05) is 6.61 Å². The van der Waals surface area contributed by atoms with E-state index < -0.39 is 5.92 Å². The molecule has 2 aliphatic rings. The van der Waals surface area contributed by atoms with Crippen LogP contribution in [0.25, 0.3) is 0 Å². The third-order valence-corrected chi connectivity index (χ3v) is 5.53. The fourth-order valence-corrected chi connectivity index (χ4v) is 3.76. The molecular weight excluding hydrogens is 228 g/mol. The first-order valence-electron chi connectivity index (χ1n) is 7.07. The Balaban J connectivity index is 2.12. The Kier molecular flexibility index (Phi) is 3.28. The molecule has 3 unspecified atom stereocenters. The topological polar surface area (TPSA) is 43.4 Å². The number of hydrogen-bond donors (Lipinski definition) is 0. The second-order valence-electron chi connectivity index (χ2n) is 6.56. The lowest BCUT2D eigenvalue weighted by molar-refractivity contribution is -0.154. The average Bonchev–Trinajstić information content (AvgIpc) is 2.61. The summed E-state index contributed by atoms with van der Waals surface area (Å²) in [5.41, 5.74) is -0.398. The van der Waals surface area contributed by atoms with Crippen molar-refractivity contribution in [3.8, 4) is 0 Å². The van der Waals surface area contributed by atoms with Gasteiger partial charge in [-0.2, -0.15) is 0 Å². The Morgan fingerprint density at radius 1 is 1.39 bits per heavy atom. The Morgan fingerprint density at radius 3 is 2.56 bits per heavy atom. The smallest absolute Gasteiger partial charge is 0.316 e. The SMILES string of the molecule is CCCCOC(=O)C1C(=O)C2(C)CCC1C2(C)C. The van der Waals surface area contributed by atoms with Crippen LogP contribution in [0.4, 0.5) is 0 Å². The molecule has 18 heavy (non-hydrogen) atoms. The zero-order valence-corrected chi connectivity index (χ0v) is 11.9. The van der Waals surface area contributed by atoms with Crippen LogP contribution in [-0.2, 0) is 14.3 Å². The van der Waals surface area contributed by atoms with Gasteiger partial charge in [0.05, 0.1) is 6.61 Å². The van der Waals surface area contributed by atoms with Crippen LogP contribution in [0.1, 0.15) is 53.4 Å². The normalized spacial score (nSPS) is 37.0. The van der Waals surface area contributed by atoms with Crippen LogP contribution < -0.4 is 0 Å². The molecule has 0 spiro atoms. The van der Waals surface area contributed by atoms with Crippen LogP contribution in [0, 0.1) is 22.7 Å². The van der Waals surface area contributed by atoms with Gasteiger partial charge in [-0.1, -0.05) is 34.1 Å². The second kappa shape index (κ2) is 4.36. The number of esters is 1. The maximum absolute atomic E-state index is 12.5. The maximum Gasteiger partial charge on any atom is 0.316 e. The van der Waals surface area contributed by atoms with Gasteiger partial charge in [0, 0.05) is 5.41 Å². The molecule has 2 aliphatic carbocycles. The molecule has 3 heteroatoms. The molecule has 2 rings (SSSR count). The van der Waals surface area contributed by atoms with Crippen LogP contribution >= 0.6 is 0 Å². The molecule has 0 aliphatic heterocycles. The molecule has 0 N–H and O–H groups in total. The average molecular weight is 252 g/mol. The molecule has 3 atom stereocenters. The number of rotatable bonds is 4. The van der Waals surface area contributed by atoms with Crippen LogP contribution in [0.5, 0.6) is 0 Å². The lowest BCUT2D eigenvalue weighted by atomic mass is 9.70. The van der Waals surface area contributed by atoms with Crippen molar-refractivity contribution in [3.63, 3.8) is 0 Å². The van der Waals surface area contributed by atoms with Crippen molar-refractivity contribution in [1.82, 2.24) is 0 Å². The second-order valence-corrected chi connectivity index (χ2v) is 6.56. The monoisotopic (exact) mass is 252 g/mol. The van der Waals surface area contributed by atoms with Gasteiger partial charge in [-0.25, -0.2) is 0 Å². The minimum absolute atomic E-state index is 0.0709. The number of ketones is 1. The number of hydrogen-bond acceptors (Lipinski definition) is 3. The van der Waals surface area contributed by atoms with E-state index in [2.05, 4.69) is 20.8 Å². The molecule has 2 bridgehead atoms. The predicted molar refractivity (Wildman–Crippen MR) is 69.0 cm³/mol. The number of Topliss-reactive ketones (excluding diaryl/α,β-unsaturated/α-hetero) is 1. The van der Waals surface area contributed by atoms with Gasteiger partial charge in [0.25, 0.3) is 0 Å². The highest BCUT2D eigenvalue weighted by Gasteiger charge is 2.68. The summed E-state index contributed by atoms with van der Waals surface area (Å²) in [6.07, 6.45) is 3.77. The number of ether oxygens (including phenoxy) is 1. The number of fused-ring (bicyclic) bond motifs is 2. The summed E-state index contributed by atoms with van der Waals surface area (Å²) in [5.74, 6) is -0.500. The summed E-state index contributed by atoms with van der Waals surface area (Å²) < 4.78 is 5.27. The Hall–Kier alpha value is -0.860. The van der Waals surface area contributed by atoms with E-state index in [4.69, 9.17) is 4.74 Å². The molecule has 2 fully saturated rings. The minimum atomic E-state index is -0.504. The van der Waals surface area contributed by atoms with Gasteiger partial charge in [0.15, 0.2) is 5.78 Å². The first-order valence-corrected chi connectivity index (χ1v) is 7.07. The molecule has 0 aromatic heterocycles. The number of unbranched alkanes of at least 4 members (excludes halogenated alkanes) is 1. The largest absolute Gasteiger partial charge is 0.465 e. The third-order valence-electron chi connectivity index (χ3n) is 5.53. The van der Waals surface area contributed by atoms with E-state index >= 15 is 0 Å². The molecule has 102 valence electrons. The molecule has 0 heterocycles. The Morgan fingerprint density at radius 2 is 2.06 bits per heavy atom. The summed E-state index contributed by atoms with van der Waals surface area (Å²) in [4.78, 5) is 24.6. The summed E-state index contributed by atoms with van der Waals surface area (Å²) >= 11 is 0. The molecule has 2 saturated carbocycles. The molecule has 3 nitrogen and oxygen atoms in total. The summed E-state index contributed by atoms with van der Waals surface area (Å²) in [6, 6.07) is 0. The molecule has 0 aromatic rings. The summed E-state index contributed by atoms with van der Waals surface area (Å²) in [6.45, 7) is 8.78. The van der Waals surface area contributed by atoms with Gasteiger partial charge in [0.2, 0.25) is 0 Å². The minimum Gasteiger partial charge on any atom is -0.465 e. The van der Waals surface area contributed by atoms with E-state index in [1.165, 1.54) is 0 Å². The van der Waals surface area contributed by atoms with E-state index in [0.29, 0.717) is 6.61 Å². The zero-order valence-electron chi connectivity index (χ0n) is 11.9. The van der Waals surface area contributed by atoms with Gasteiger partial charge in [-0.3, -0.25) is 9.59 Å². The van der Waals surface area contributed by atoms with Crippen LogP contribution in [0.2, 0.25) is 0 Å². The van der Waals surface area contributed by atoms with E-state index in [1.54, 1.807) is 0 Å². The van der Waals surface area contributed by atoms with Crippen molar-refractivity contribution in [3.05, 3.63) is 0 Å². The van der Waals surface area contributed by atoms with Gasteiger partial charge in [0.1, 0.15) is 5.92 Å². The zero-order chi connectivity index (χ0) is 13.6. The van der Waals surface area contributed by atoms with Crippen LogP contribution in [-0.4, -0.2) is 18.4 Å². The summed E-state index contributed by atoms with van der Waals surface area (Å²) in [5, 5.41) is 0. The van der Waals surface area contributed by atoms with Crippen LogP contribution in [0.3, 0.4) is 0 Å². The molecular formula is C15H24O3. The highest BCUT2D eigenvalue weighted by atomic mass is 16.5. The first kappa shape index (κ1) is 13.6. The van der Waals surface area contributed by atoms with Crippen molar-refractivity contribution in [2.45, 2.75) is 53.4 Å². The van der Waals surface area contributed by atoms with Crippen molar-refractivity contribution >= 4 is 11.8 Å². The van der Waals surface area contributed by atoms with E-state index in [0.717, 1.165) is 25.7 Å². The maximum atomic E-state index is 12.5. The van der Waals surface area contributed by atoms with E-state index in [-0.39, 0.29) is 28.5 Å². The number of carbonyl (C=O) groups excluding carboxylic acids is 2. The Bertz CT molecular complexity index is 372. The van der Waals surface area contributed by atoms with Crippen molar-refractivity contribution < 1.29 is 14.3 Å². The molecule has 0 saturated heterocycles.